The molecule has 0 spiro atoms. The molecule has 1 heterocycles. The first-order valence-corrected chi connectivity index (χ1v) is 8.91. The van der Waals surface area contributed by atoms with Gasteiger partial charge in [0.2, 0.25) is 0 Å². The molecule has 0 aliphatic carbocycles. The number of rotatable bonds is 2. The van der Waals surface area contributed by atoms with Crippen LogP contribution in [0.2, 0.25) is 5.02 Å². The number of pyridine rings is 1. The van der Waals surface area contributed by atoms with Crippen LogP contribution in [0.3, 0.4) is 0 Å². The Kier molecular flexibility index (Phi) is 6.03. The van der Waals surface area contributed by atoms with Crippen LogP contribution in [-0.2, 0) is 5.41 Å². The predicted molar refractivity (Wildman–Crippen MR) is 107 cm³/mol. The van der Waals surface area contributed by atoms with Crippen molar-refractivity contribution in [3.05, 3.63) is 51.2 Å². The summed E-state index contributed by atoms with van der Waals surface area (Å²) in [5, 5.41) is 15.7. The number of benzene rings is 1. The number of thiocarbonyl (C=S) groups is 1. The van der Waals surface area contributed by atoms with E-state index in [2.05, 4.69) is 31.5 Å². The molecule has 1 aromatic heterocycles. The van der Waals surface area contributed by atoms with E-state index >= 15 is 0 Å². The van der Waals surface area contributed by atoms with Gasteiger partial charge in [0.15, 0.2) is 10.9 Å². The quantitative estimate of drug-likeness (QED) is 0.467. The summed E-state index contributed by atoms with van der Waals surface area (Å²) in [7, 11) is 0. The van der Waals surface area contributed by atoms with Crippen molar-refractivity contribution in [2.45, 2.75) is 26.2 Å². The lowest BCUT2D eigenvalue weighted by atomic mass is 9.87. The van der Waals surface area contributed by atoms with Gasteiger partial charge >= 0.3 is 0 Å². The maximum atomic E-state index is 12.2. The number of hydrogen-bond acceptors (Lipinski definition) is 4. The van der Waals surface area contributed by atoms with Gasteiger partial charge in [-0.1, -0.05) is 32.4 Å². The minimum atomic E-state index is -0.413. The lowest BCUT2D eigenvalue weighted by Crippen LogP contribution is -2.34. The summed E-state index contributed by atoms with van der Waals surface area (Å²) in [6.07, 6.45) is 3.00. The van der Waals surface area contributed by atoms with E-state index in [-0.39, 0.29) is 21.3 Å². The maximum absolute atomic E-state index is 12.2. The first kappa shape index (κ1) is 19.6. The Bertz CT molecular complexity index is 837. The van der Waals surface area contributed by atoms with E-state index in [0.717, 1.165) is 5.56 Å². The van der Waals surface area contributed by atoms with E-state index in [0.29, 0.717) is 15.7 Å². The number of aromatic hydroxyl groups is 1. The van der Waals surface area contributed by atoms with E-state index in [9.17, 15) is 9.90 Å². The highest BCUT2D eigenvalue weighted by Gasteiger charge is 2.19. The van der Waals surface area contributed by atoms with E-state index in [4.69, 9.17) is 23.8 Å². The van der Waals surface area contributed by atoms with Crippen molar-refractivity contribution in [3.8, 4) is 5.75 Å². The highest BCUT2D eigenvalue weighted by Crippen LogP contribution is 2.37. The van der Waals surface area contributed by atoms with Crippen LogP contribution in [0.15, 0.2) is 35.1 Å². The van der Waals surface area contributed by atoms with Crippen molar-refractivity contribution < 1.29 is 9.90 Å². The summed E-state index contributed by atoms with van der Waals surface area (Å²) in [6, 6.07) is 5.08. The summed E-state index contributed by atoms with van der Waals surface area (Å²) in [6.45, 7) is 6.08. The standard InChI is InChI=1S/C17H17BrClN3O2S/c1-17(2,3)10-5-12(19)14(23)13(6-10)21-16(25)22-15(24)9-4-11(18)8-20-7-9/h4-8,23H,1-3H3,(H2,21,22,24,25). The molecule has 5 nitrogen and oxygen atoms in total. The number of phenolic OH excluding ortho intramolecular Hbond substituents is 1. The van der Waals surface area contributed by atoms with Gasteiger partial charge in [-0.2, -0.15) is 0 Å². The molecule has 0 aliphatic heterocycles. The number of hydrogen-bond donors (Lipinski definition) is 3. The van der Waals surface area contributed by atoms with Crippen molar-refractivity contribution in [2.75, 3.05) is 5.32 Å². The lowest BCUT2D eigenvalue weighted by Gasteiger charge is -2.21. The average Bonchev–Trinajstić information content (AvgIpc) is 2.50. The molecule has 1 aromatic carbocycles. The lowest BCUT2D eigenvalue weighted by molar-refractivity contribution is 0.0977. The number of halogens is 2. The second-order valence-corrected chi connectivity index (χ2v) is 8.14. The van der Waals surface area contributed by atoms with Crippen molar-refractivity contribution in [1.29, 1.82) is 0 Å². The Morgan fingerprint density at radius 2 is 1.96 bits per heavy atom. The third-order valence-corrected chi connectivity index (χ3v) is 4.30. The number of carbonyl (C=O) groups excluding carboxylic acids is 1. The van der Waals surface area contributed by atoms with Crippen LogP contribution in [0.4, 0.5) is 5.69 Å². The van der Waals surface area contributed by atoms with Gasteiger partial charge in [0.1, 0.15) is 0 Å². The molecule has 3 N–H and O–H groups in total. The summed E-state index contributed by atoms with van der Waals surface area (Å²) < 4.78 is 0.682. The largest absolute Gasteiger partial charge is 0.504 e. The van der Waals surface area contributed by atoms with Crippen LogP contribution in [0, 0.1) is 0 Å². The van der Waals surface area contributed by atoms with Crippen LogP contribution in [-0.4, -0.2) is 21.1 Å². The molecule has 0 fully saturated rings. The fraction of sp³-hybridized carbons (Fsp3) is 0.235. The van der Waals surface area contributed by atoms with Gasteiger partial charge in [-0.15, -0.1) is 0 Å². The zero-order chi connectivity index (χ0) is 18.8. The first-order chi connectivity index (χ1) is 11.6. The van der Waals surface area contributed by atoms with Crippen molar-refractivity contribution >= 4 is 56.5 Å². The topological polar surface area (TPSA) is 74.2 Å². The van der Waals surface area contributed by atoms with Crippen molar-refractivity contribution in [1.82, 2.24) is 10.3 Å². The molecule has 0 saturated carbocycles. The third-order valence-electron chi connectivity index (χ3n) is 3.37. The van der Waals surface area contributed by atoms with Crippen molar-refractivity contribution in [2.24, 2.45) is 0 Å². The van der Waals surface area contributed by atoms with Gasteiger partial charge in [0.05, 0.1) is 16.3 Å². The van der Waals surface area contributed by atoms with Gasteiger partial charge in [-0.3, -0.25) is 15.1 Å². The molecular formula is C17H17BrClN3O2S. The average molecular weight is 443 g/mol. The highest BCUT2D eigenvalue weighted by molar-refractivity contribution is 9.10. The molecule has 25 heavy (non-hydrogen) atoms. The van der Waals surface area contributed by atoms with Gasteiger partial charge in [0.25, 0.3) is 5.91 Å². The van der Waals surface area contributed by atoms with Crippen LogP contribution in [0.1, 0.15) is 36.7 Å². The number of aromatic nitrogens is 1. The SMILES string of the molecule is CC(C)(C)c1cc(Cl)c(O)c(NC(=S)NC(=O)c2cncc(Br)c2)c1. The first-order valence-electron chi connectivity index (χ1n) is 7.34. The van der Waals surface area contributed by atoms with Crippen LogP contribution in [0.5, 0.6) is 5.75 Å². The molecule has 0 aliphatic rings. The number of anilines is 1. The van der Waals surface area contributed by atoms with Crippen LogP contribution >= 0.6 is 39.7 Å². The molecule has 8 heteroatoms. The fourth-order valence-electron chi connectivity index (χ4n) is 1.99. The molecule has 0 saturated heterocycles. The molecule has 0 atom stereocenters. The molecule has 0 bridgehead atoms. The molecule has 1 amide bonds. The Labute approximate surface area is 164 Å². The smallest absolute Gasteiger partial charge is 0.259 e. The monoisotopic (exact) mass is 441 g/mol. The maximum Gasteiger partial charge on any atom is 0.259 e. The predicted octanol–water partition coefficient (Wildman–Crippen LogP) is 4.63. The van der Waals surface area contributed by atoms with Gasteiger partial charge in [-0.05, 0) is 57.3 Å². The van der Waals surface area contributed by atoms with Crippen molar-refractivity contribution in [3.63, 3.8) is 0 Å². The molecule has 0 radical (unpaired) electrons. The number of nitrogens with one attached hydrogen (secondary N) is 2. The zero-order valence-electron chi connectivity index (χ0n) is 13.9. The Hall–Kier alpha value is -1.70. The van der Waals surface area contributed by atoms with E-state index in [1.54, 1.807) is 24.4 Å². The number of carbonyl (C=O) groups is 1. The zero-order valence-corrected chi connectivity index (χ0v) is 17.0. The highest BCUT2D eigenvalue weighted by atomic mass is 79.9. The second-order valence-electron chi connectivity index (χ2n) is 6.40. The third kappa shape index (κ3) is 5.14. The van der Waals surface area contributed by atoms with Gasteiger partial charge in [-0.25, -0.2) is 0 Å². The van der Waals surface area contributed by atoms with E-state index in [1.807, 2.05) is 20.8 Å². The molecule has 0 unspecified atom stereocenters. The Morgan fingerprint density at radius 3 is 2.56 bits per heavy atom. The summed E-state index contributed by atoms with van der Waals surface area (Å²) >= 11 is 14.5. The van der Waals surface area contributed by atoms with E-state index in [1.165, 1.54) is 6.20 Å². The fourth-order valence-corrected chi connectivity index (χ4v) is 2.78. The second kappa shape index (κ2) is 7.68. The molecule has 2 rings (SSSR count). The number of nitrogens with zero attached hydrogens (tertiary/aromatic N) is 1. The van der Waals surface area contributed by atoms with Crippen LogP contribution < -0.4 is 10.6 Å². The summed E-state index contributed by atoms with van der Waals surface area (Å²) in [4.78, 5) is 16.1. The Balaban J connectivity index is 2.18. The minimum absolute atomic E-state index is 0.0439. The van der Waals surface area contributed by atoms with Gasteiger partial charge < -0.3 is 10.4 Å². The molecule has 132 valence electrons. The van der Waals surface area contributed by atoms with Gasteiger partial charge in [0, 0.05) is 16.9 Å². The summed E-state index contributed by atoms with van der Waals surface area (Å²) in [5.41, 5.74) is 1.43. The summed E-state index contributed by atoms with van der Waals surface area (Å²) in [5.74, 6) is -0.542. The number of phenols is 1. The Morgan fingerprint density at radius 1 is 1.28 bits per heavy atom. The molecule has 2 aromatic rings. The minimum Gasteiger partial charge on any atom is -0.504 e. The van der Waals surface area contributed by atoms with Crippen LogP contribution in [0.25, 0.3) is 0 Å². The molecular weight excluding hydrogens is 426 g/mol. The van der Waals surface area contributed by atoms with E-state index < -0.39 is 5.91 Å². The number of amides is 1. The normalized spacial score (nSPS) is 11.1.